The van der Waals surface area contributed by atoms with E-state index in [2.05, 4.69) is 24.9 Å². The first kappa shape index (κ1) is 29.3. The first-order valence-corrected chi connectivity index (χ1v) is 16.2. The summed E-state index contributed by atoms with van der Waals surface area (Å²) in [5.74, 6) is -0.861. The minimum Gasteiger partial charge on any atom is -0.338 e. The minimum absolute atomic E-state index is 0.109. The Balaban J connectivity index is 0.000000168. The van der Waals surface area contributed by atoms with Gasteiger partial charge in [0, 0.05) is 21.5 Å². The van der Waals surface area contributed by atoms with Crippen LogP contribution in [0.4, 0.5) is 8.78 Å². The van der Waals surface area contributed by atoms with Gasteiger partial charge >= 0.3 is 0 Å². The number of aromatic amines is 1. The lowest BCUT2D eigenvalue weighted by molar-refractivity contribution is 0.589. The standard InChI is InChI=1S/C17H10ClFIN3O2S.C10H4ClFIN3/c1-9-2-4-10(5-3-9)26(24,25)23-13-8-21-14(18)6-11(13)15-16(20)12(19)7-22-17(15)23;11-7-1-4-6(3-14-7)16-10-8(4)9(13)5(12)2-15-10/h2-8H,1H3;1-3H,(H,15,16). The molecule has 7 aromatic rings. The number of hydrogen-bond acceptors (Lipinski definition) is 6. The predicted octanol–water partition coefficient (Wildman–Crippen LogP) is 8.04. The summed E-state index contributed by atoms with van der Waals surface area (Å²) in [5, 5.41) is 3.02. The molecule has 15 heteroatoms. The van der Waals surface area contributed by atoms with Crippen LogP contribution in [0, 0.1) is 25.7 Å². The highest BCUT2D eigenvalue weighted by atomic mass is 127. The first-order chi connectivity index (χ1) is 20.0. The maximum absolute atomic E-state index is 14.1. The molecule has 0 fully saturated rings. The van der Waals surface area contributed by atoms with Crippen LogP contribution in [0.1, 0.15) is 5.56 Å². The molecule has 0 aliphatic rings. The van der Waals surface area contributed by atoms with E-state index in [0.29, 0.717) is 30.7 Å². The van der Waals surface area contributed by atoms with Crippen molar-refractivity contribution in [2.75, 3.05) is 0 Å². The molecule has 0 saturated heterocycles. The highest BCUT2D eigenvalue weighted by Gasteiger charge is 2.26. The van der Waals surface area contributed by atoms with E-state index >= 15 is 0 Å². The van der Waals surface area contributed by atoms with Crippen LogP contribution >= 0.6 is 68.4 Å². The number of nitrogens with one attached hydrogen (secondary N) is 1. The summed E-state index contributed by atoms with van der Waals surface area (Å²) in [6.45, 7) is 1.87. The fourth-order valence-corrected chi connectivity index (χ4v) is 7.61. The highest BCUT2D eigenvalue weighted by Crippen LogP contribution is 2.36. The fraction of sp³-hybridized carbons (Fsp3) is 0.0370. The van der Waals surface area contributed by atoms with Crippen molar-refractivity contribution in [3.8, 4) is 0 Å². The number of pyridine rings is 4. The van der Waals surface area contributed by atoms with Gasteiger partial charge in [-0.25, -0.2) is 41.1 Å². The van der Waals surface area contributed by atoms with E-state index in [4.69, 9.17) is 23.2 Å². The molecule has 0 unspecified atom stereocenters. The molecule has 1 aromatic carbocycles. The molecule has 42 heavy (non-hydrogen) atoms. The van der Waals surface area contributed by atoms with Gasteiger partial charge < -0.3 is 4.98 Å². The Hall–Kier alpha value is -2.73. The van der Waals surface area contributed by atoms with Crippen LogP contribution in [0.2, 0.25) is 10.3 Å². The van der Waals surface area contributed by atoms with Gasteiger partial charge in [0.2, 0.25) is 0 Å². The van der Waals surface area contributed by atoms with E-state index in [0.717, 1.165) is 32.0 Å². The number of hydrogen-bond donors (Lipinski definition) is 1. The molecule has 0 aliphatic heterocycles. The fourth-order valence-electron chi connectivity index (χ4n) is 4.48. The van der Waals surface area contributed by atoms with Gasteiger partial charge in [0.15, 0.2) is 17.3 Å². The van der Waals surface area contributed by atoms with Gasteiger partial charge in [0.1, 0.15) is 16.0 Å². The Morgan fingerprint density at radius 3 is 2.10 bits per heavy atom. The van der Waals surface area contributed by atoms with Crippen molar-refractivity contribution < 1.29 is 17.2 Å². The SMILES string of the molecule is Cc1ccc(S(=O)(=O)n2c3cnc(Cl)cc3c3c(I)c(F)cnc32)cc1.Fc1cnc2[nH]c3cnc(Cl)cc3c2c1I. The van der Waals surface area contributed by atoms with Crippen LogP contribution in [0.3, 0.4) is 0 Å². The van der Waals surface area contributed by atoms with Gasteiger partial charge in [0.25, 0.3) is 10.0 Å². The second-order valence-corrected chi connectivity index (χ2v) is 13.8. The van der Waals surface area contributed by atoms with Crippen LogP contribution < -0.4 is 0 Å². The smallest absolute Gasteiger partial charge is 0.269 e. The van der Waals surface area contributed by atoms with Crippen molar-refractivity contribution in [3.63, 3.8) is 0 Å². The number of nitrogens with zero attached hydrogens (tertiary/aromatic N) is 5. The second-order valence-electron chi connectivity index (χ2n) is 9.05. The summed E-state index contributed by atoms with van der Waals surface area (Å²) >= 11 is 15.6. The third-order valence-electron chi connectivity index (χ3n) is 6.41. The average molecular weight is 849 g/mol. The van der Waals surface area contributed by atoms with Crippen molar-refractivity contribution in [3.05, 3.63) is 95.8 Å². The van der Waals surface area contributed by atoms with Crippen LogP contribution in [0.25, 0.3) is 43.9 Å². The summed E-state index contributed by atoms with van der Waals surface area (Å²) < 4.78 is 56.0. The molecular formula is C27H14Cl2F2I2N6O2S. The Labute approximate surface area is 273 Å². The lowest BCUT2D eigenvalue weighted by atomic mass is 10.2. The zero-order chi connectivity index (χ0) is 29.9. The van der Waals surface area contributed by atoms with Crippen molar-refractivity contribution in [1.29, 1.82) is 0 Å². The normalized spacial score (nSPS) is 11.9. The summed E-state index contributed by atoms with van der Waals surface area (Å²) in [5.41, 5.74) is 2.81. The van der Waals surface area contributed by atoms with Gasteiger partial charge in [-0.3, -0.25) is 0 Å². The van der Waals surface area contributed by atoms with Crippen molar-refractivity contribution in [1.82, 2.24) is 28.9 Å². The summed E-state index contributed by atoms with van der Waals surface area (Å²) in [7, 11) is -3.96. The van der Waals surface area contributed by atoms with Gasteiger partial charge in [-0.05, 0) is 76.4 Å². The van der Waals surface area contributed by atoms with Crippen LogP contribution in [-0.4, -0.2) is 37.3 Å². The number of aryl methyl sites for hydroxylation is 1. The molecule has 6 heterocycles. The van der Waals surface area contributed by atoms with E-state index in [1.807, 2.05) is 52.1 Å². The summed E-state index contributed by atoms with van der Waals surface area (Å²) in [4.78, 5) is 19.2. The van der Waals surface area contributed by atoms with E-state index in [1.54, 1.807) is 24.4 Å². The van der Waals surface area contributed by atoms with E-state index in [9.17, 15) is 17.2 Å². The summed E-state index contributed by atoms with van der Waals surface area (Å²) in [6, 6.07) is 9.71. The van der Waals surface area contributed by atoms with Gasteiger partial charge in [-0.1, -0.05) is 40.9 Å². The maximum atomic E-state index is 14.1. The minimum atomic E-state index is -3.96. The quantitative estimate of drug-likeness (QED) is 0.140. The van der Waals surface area contributed by atoms with Gasteiger partial charge in [-0.2, -0.15) is 0 Å². The molecule has 7 rings (SSSR count). The van der Waals surface area contributed by atoms with Crippen molar-refractivity contribution in [2.45, 2.75) is 11.8 Å². The second kappa shape index (κ2) is 11.1. The largest absolute Gasteiger partial charge is 0.338 e. The third-order valence-corrected chi connectivity index (χ3v) is 10.6. The number of aromatic nitrogens is 6. The molecule has 0 atom stereocenters. The monoisotopic (exact) mass is 848 g/mol. The molecule has 0 amide bonds. The lowest BCUT2D eigenvalue weighted by Gasteiger charge is -2.09. The molecule has 0 bridgehead atoms. The molecule has 0 saturated carbocycles. The molecule has 1 N–H and O–H groups in total. The number of H-pyrrole nitrogens is 1. The lowest BCUT2D eigenvalue weighted by Crippen LogP contribution is -2.13. The Bertz CT molecular complexity index is 2310. The highest BCUT2D eigenvalue weighted by molar-refractivity contribution is 14.1. The summed E-state index contributed by atoms with van der Waals surface area (Å²) in [6.07, 6.45) is 5.19. The number of benzene rings is 1. The molecule has 0 aliphatic carbocycles. The van der Waals surface area contributed by atoms with Gasteiger partial charge in [0.05, 0.1) is 47.9 Å². The Kier molecular flexibility index (Phi) is 7.74. The van der Waals surface area contributed by atoms with Crippen LogP contribution in [0.5, 0.6) is 0 Å². The molecule has 0 radical (unpaired) electrons. The molecular weight excluding hydrogens is 835 g/mol. The van der Waals surface area contributed by atoms with E-state index in [1.165, 1.54) is 30.6 Å². The zero-order valence-corrected chi connectivity index (χ0v) is 27.6. The topological polar surface area (TPSA) is 106 Å². The van der Waals surface area contributed by atoms with E-state index < -0.39 is 15.8 Å². The van der Waals surface area contributed by atoms with Crippen LogP contribution in [-0.2, 0) is 10.0 Å². The average Bonchev–Trinajstić information content (AvgIpc) is 3.49. The van der Waals surface area contributed by atoms with Crippen molar-refractivity contribution >= 4 is 122 Å². The van der Waals surface area contributed by atoms with E-state index in [-0.39, 0.29) is 25.1 Å². The Morgan fingerprint density at radius 1 is 0.810 bits per heavy atom. The maximum Gasteiger partial charge on any atom is 0.269 e. The zero-order valence-electron chi connectivity index (χ0n) is 21.0. The molecule has 212 valence electrons. The van der Waals surface area contributed by atoms with Gasteiger partial charge in [-0.15, -0.1) is 0 Å². The predicted molar refractivity (Wildman–Crippen MR) is 176 cm³/mol. The van der Waals surface area contributed by atoms with Crippen LogP contribution in [0.15, 0.2) is 66.1 Å². The molecule has 0 spiro atoms. The Morgan fingerprint density at radius 2 is 1.40 bits per heavy atom. The molecule has 8 nitrogen and oxygen atoms in total. The molecule has 6 aromatic heterocycles. The third kappa shape index (κ3) is 4.98. The van der Waals surface area contributed by atoms with Crippen molar-refractivity contribution in [2.24, 2.45) is 0 Å². The number of fused-ring (bicyclic) bond motifs is 6. The number of rotatable bonds is 2. The first-order valence-electron chi connectivity index (χ1n) is 11.9. The number of halogens is 6.